The minimum atomic E-state index is -0.141. The molecule has 0 amide bonds. The van der Waals surface area contributed by atoms with E-state index >= 15 is 0 Å². The number of aryl methyl sites for hydroxylation is 3. The van der Waals surface area contributed by atoms with Crippen LogP contribution >= 0.6 is 0 Å². The maximum atomic E-state index is 13.6. The number of rotatable bonds is 5. The normalized spacial score (nSPS) is 20.7. The van der Waals surface area contributed by atoms with Gasteiger partial charge in [-0.1, -0.05) is 12.1 Å². The first-order chi connectivity index (χ1) is 11.5. The predicted molar refractivity (Wildman–Crippen MR) is 92.3 cm³/mol. The van der Waals surface area contributed by atoms with Crippen molar-refractivity contribution in [1.29, 1.82) is 0 Å². The molecule has 1 aromatic heterocycles. The summed E-state index contributed by atoms with van der Waals surface area (Å²) >= 11 is 0. The van der Waals surface area contributed by atoms with E-state index in [0.717, 1.165) is 30.8 Å². The molecule has 0 unspecified atom stereocenters. The molecule has 1 aliphatic rings. The van der Waals surface area contributed by atoms with Gasteiger partial charge in [0.05, 0.1) is 11.8 Å². The molecule has 24 heavy (non-hydrogen) atoms. The van der Waals surface area contributed by atoms with E-state index in [9.17, 15) is 4.39 Å². The third kappa shape index (κ3) is 3.37. The van der Waals surface area contributed by atoms with Crippen LogP contribution in [-0.4, -0.2) is 22.9 Å². The standard InChI is InChI=1S/C19H26FN3O/c1-12-5-6-15(9-17(12)20)10-21-11-16-7-8-24-19(16)18-13(2)22-23(4)14(18)3/h5-6,9,16,19,21H,7-8,10-11H2,1-4H3/t16-,19-/m0/s1. The smallest absolute Gasteiger partial charge is 0.126 e. The Kier molecular flexibility index (Phi) is 5.01. The van der Waals surface area contributed by atoms with Crippen LogP contribution in [0.3, 0.4) is 0 Å². The molecule has 0 aliphatic carbocycles. The first-order valence-corrected chi connectivity index (χ1v) is 8.54. The molecule has 4 nitrogen and oxygen atoms in total. The van der Waals surface area contributed by atoms with Crippen molar-refractivity contribution < 1.29 is 9.13 Å². The summed E-state index contributed by atoms with van der Waals surface area (Å²) in [6, 6.07) is 5.42. The quantitative estimate of drug-likeness (QED) is 0.913. The van der Waals surface area contributed by atoms with Crippen molar-refractivity contribution in [3.05, 3.63) is 52.1 Å². The molecule has 2 atom stereocenters. The first-order valence-electron chi connectivity index (χ1n) is 8.54. The molecule has 0 radical (unpaired) electrons. The number of benzene rings is 1. The zero-order chi connectivity index (χ0) is 17.3. The van der Waals surface area contributed by atoms with E-state index in [4.69, 9.17) is 4.74 Å². The van der Waals surface area contributed by atoms with Gasteiger partial charge in [-0.15, -0.1) is 0 Å². The van der Waals surface area contributed by atoms with Crippen LogP contribution in [0.2, 0.25) is 0 Å². The van der Waals surface area contributed by atoms with Gasteiger partial charge in [0.15, 0.2) is 0 Å². The fraction of sp³-hybridized carbons (Fsp3) is 0.526. The Morgan fingerprint density at radius 1 is 1.33 bits per heavy atom. The summed E-state index contributed by atoms with van der Waals surface area (Å²) in [6.45, 7) is 8.23. The minimum Gasteiger partial charge on any atom is -0.373 e. The van der Waals surface area contributed by atoms with Crippen molar-refractivity contribution in [2.24, 2.45) is 13.0 Å². The summed E-state index contributed by atoms with van der Waals surface area (Å²) in [5, 5.41) is 7.97. The lowest BCUT2D eigenvalue weighted by Gasteiger charge is -2.20. The van der Waals surface area contributed by atoms with Crippen molar-refractivity contribution in [1.82, 2.24) is 15.1 Å². The van der Waals surface area contributed by atoms with Crippen LogP contribution in [0.25, 0.3) is 0 Å². The molecule has 1 aliphatic heterocycles. The Morgan fingerprint density at radius 3 is 2.79 bits per heavy atom. The lowest BCUT2D eigenvalue weighted by molar-refractivity contribution is 0.0893. The fourth-order valence-electron chi connectivity index (χ4n) is 3.51. The molecule has 1 aromatic carbocycles. The predicted octanol–water partition coefficient (Wildman–Crippen LogP) is 3.35. The van der Waals surface area contributed by atoms with E-state index < -0.39 is 0 Å². The third-order valence-corrected chi connectivity index (χ3v) is 5.04. The third-order valence-electron chi connectivity index (χ3n) is 5.04. The monoisotopic (exact) mass is 331 g/mol. The average molecular weight is 331 g/mol. The summed E-state index contributed by atoms with van der Waals surface area (Å²) in [5.74, 6) is 0.278. The van der Waals surface area contributed by atoms with Gasteiger partial charge in [-0.2, -0.15) is 5.10 Å². The second-order valence-electron chi connectivity index (χ2n) is 6.76. The van der Waals surface area contributed by atoms with Crippen LogP contribution < -0.4 is 5.32 Å². The highest BCUT2D eigenvalue weighted by Crippen LogP contribution is 2.37. The topological polar surface area (TPSA) is 39.1 Å². The summed E-state index contributed by atoms with van der Waals surface area (Å²) in [6.07, 6.45) is 1.13. The van der Waals surface area contributed by atoms with E-state index in [1.807, 2.05) is 30.8 Å². The van der Waals surface area contributed by atoms with Crippen LogP contribution in [0.5, 0.6) is 0 Å². The molecular formula is C19H26FN3O. The second kappa shape index (κ2) is 7.03. The number of nitrogens with zero attached hydrogens (tertiary/aromatic N) is 2. The number of aromatic nitrogens is 2. The summed E-state index contributed by atoms with van der Waals surface area (Å²) in [7, 11) is 1.97. The van der Waals surface area contributed by atoms with E-state index in [2.05, 4.69) is 17.3 Å². The van der Waals surface area contributed by atoms with Gasteiger partial charge in [-0.3, -0.25) is 4.68 Å². The van der Waals surface area contributed by atoms with Gasteiger partial charge in [0.2, 0.25) is 0 Å². The molecule has 0 spiro atoms. The van der Waals surface area contributed by atoms with Crippen LogP contribution in [0, 0.1) is 32.5 Å². The summed E-state index contributed by atoms with van der Waals surface area (Å²) in [4.78, 5) is 0. The highest BCUT2D eigenvalue weighted by Gasteiger charge is 2.33. The molecular weight excluding hydrogens is 305 g/mol. The van der Waals surface area contributed by atoms with E-state index in [1.165, 1.54) is 11.3 Å². The van der Waals surface area contributed by atoms with E-state index in [1.54, 1.807) is 13.0 Å². The highest BCUT2D eigenvalue weighted by atomic mass is 19.1. The highest BCUT2D eigenvalue weighted by molar-refractivity contribution is 5.28. The zero-order valence-electron chi connectivity index (χ0n) is 14.9. The Labute approximate surface area is 143 Å². The van der Waals surface area contributed by atoms with Crippen LogP contribution in [0.4, 0.5) is 4.39 Å². The van der Waals surface area contributed by atoms with Crippen molar-refractivity contribution in [2.45, 2.75) is 39.8 Å². The maximum absolute atomic E-state index is 13.6. The van der Waals surface area contributed by atoms with Gasteiger partial charge in [0.1, 0.15) is 5.82 Å². The molecule has 0 bridgehead atoms. The molecule has 130 valence electrons. The van der Waals surface area contributed by atoms with Gasteiger partial charge in [-0.25, -0.2) is 4.39 Å². The molecule has 1 N–H and O–H groups in total. The number of nitrogens with one attached hydrogen (secondary N) is 1. The van der Waals surface area contributed by atoms with E-state index in [-0.39, 0.29) is 11.9 Å². The molecule has 2 aromatic rings. The Morgan fingerprint density at radius 2 is 2.12 bits per heavy atom. The van der Waals surface area contributed by atoms with Crippen molar-refractivity contribution >= 4 is 0 Å². The van der Waals surface area contributed by atoms with Crippen molar-refractivity contribution in [3.63, 3.8) is 0 Å². The number of hydrogen-bond acceptors (Lipinski definition) is 3. The van der Waals surface area contributed by atoms with Crippen molar-refractivity contribution in [3.8, 4) is 0 Å². The molecule has 3 rings (SSSR count). The van der Waals surface area contributed by atoms with Crippen molar-refractivity contribution in [2.75, 3.05) is 13.2 Å². The second-order valence-corrected chi connectivity index (χ2v) is 6.76. The Balaban J connectivity index is 1.63. The van der Waals surface area contributed by atoms with Gasteiger partial charge in [0, 0.05) is 43.9 Å². The minimum absolute atomic E-state index is 0.0981. The molecule has 0 saturated carbocycles. The van der Waals surface area contributed by atoms with E-state index in [0.29, 0.717) is 18.0 Å². The average Bonchev–Trinajstić information content (AvgIpc) is 3.08. The van der Waals surface area contributed by atoms with Gasteiger partial charge >= 0.3 is 0 Å². The zero-order valence-corrected chi connectivity index (χ0v) is 14.9. The Bertz CT molecular complexity index is 726. The lowest BCUT2D eigenvalue weighted by atomic mass is 9.94. The van der Waals surface area contributed by atoms with Gasteiger partial charge < -0.3 is 10.1 Å². The Hall–Kier alpha value is -1.72. The summed E-state index contributed by atoms with van der Waals surface area (Å²) in [5.41, 5.74) is 5.11. The molecule has 1 fully saturated rings. The number of hydrogen-bond donors (Lipinski definition) is 1. The van der Waals surface area contributed by atoms with Gasteiger partial charge in [-0.05, 0) is 44.4 Å². The molecule has 1 saturated heterocycles. The lowest BCUT2D eigenvalue weighted by Crippen LogP contribution is -2.25. The SMILES string of the molecule is Cc1ccc(CNC[C@@H]2CCO[C@@H]2c2c(C)nn(C)c2C)cc1F. The van der Waals surface area contributed by atoms with Crippen LogP contribution in [0.1, 0.15) is 40.6 Å². The van der Waals surface area contributed by atoms with Crippen LogP contribution in [-0.2, 0) is 18.3 Å². The largest absolute Gasteiger partial charge is 0.373 e. The summed E-state index contributed by atoms with van der Waals surface area (Å²) < 4.78 is 21.6. The maximum Gasteiger partial charge on any atom is 0.126 e. The first kappa shape index (κ1) is 17.1. The van der Waals surface area contributed by atoms with Crippen LogP contribution in [0.15, 0.2) is 18.2 Å². The molecule has 2 heterocycles. The fourth-order valence-corrected chi connectivity index (χ4v) is 3.51. The molecule has 5 heteroatoms. The van der Waals surface area contributed by atoms with Gasteiger partial charge in [0.25, 0.3) is 0 Å². The number of ether oxygens (including phenoxy) is 1. The number of halogens is 1.